The van der Waals surface area contributed by atoms with E-state index in [9.17, 15) is 4.57 Å². The summed E-state index contributed by atoms with van der Waals surface area (Å²) in [5.74, 6) is 2.10. The van der Waals surface area contributed by atoms with E-state index in [1.54, 1.807) is 0 Å². The molecule has 3 atom stereocenters. The first-order valence-corrected chi connectivity index (χ1v) is 6.54. The molecule has 0 bridgehead atoms. The molecule has 76 valence electrons. The van der Waals surface area contributed by atoms with E-state index in [0.29, 0.717) is 0 Å². The van der Waals surface area contributed by atoms with Crippen molar-refractivity contribution in [3.05, 3.63) is 35.2 Å². The summed E-state index contributed by atoms with van der Waals surface area (Å²) in [6.45, 7) is 4.09. The second-order valence-electron chi connectivity index (χ2n) is 3.99. The zero-order valence-electron chi connectivity index (χ0n) is 8.73. The normalized spacial score (nSPS) is 40.5. The van der Waals surface area contributed by atoms with Gasteiger partial charge in [0, 0.05) is 18.8 Å². The molecule has 0 amide bonds. The minimum atomic E-state index is -2.56. The molecule has 0 radical (unpaired) electrons. The Bertz CT molecular complexity index is 390. The number of allylic oxidation sites excluding steroid dienone is 5. The Labute approximate surface area is 84.8 Å². The second-order valence-corrected chi connectivity index (χ2v) is 6.50. The van der Waals surface area contributed by atoms with E-state index in [2.05, 4.69) is 13.0 Å². The number of rotatable bonds is 1. The van der Waals surface area contributed by atoms with Gasteiger partial charge in [-0.15, -0.1) is 0 Å². The fraction of sp³-hybridized carbons (Fsp3) is 0.455. The summed E-state index contributed by atoms with van der Waals surface area (Å²) in [4.78, 5) is 0. The maximum absolute atomic E-state index is 12.3. The summed E-state index contributed by atoms with van der Waals surface area (Å²) in [7, 11) is -1.02. The fourth-order valence-corrected chi connectivity index (χ4v) is 4.54. The Morgan fingerprint density at radius 1 is 1.43 bits per heavy atom. The molecule has 3 unspecified atom stereocenters. The Hall–Kier alpha value is -0.590. The van der Waals surface area contributed by atoms with Crippen LogP contribution in [0.1, 0.15) is 13.8 Å². The van der Waals surface area contributed by atoms with Gasteiger partial charge in [0.05, 0.1) is 5.66 Å². The van der Waals surface area contributed by atoms with Crippen molar-refractivity contribution in [1.82, 2.24) is 0 Å². The van der Waals surface area contributed by atoms with Gasteiger partial charge in [-0.25, -0.2) is 0 Å². The lowest BCUT2D eigenvalue weighted by atomic mass is 9.91. The maximum atomic E-state index is 12.3. The molecule has 0 spiro atoms. The van der Waals surface area contributed by atoms with Gasteiger partial charge in [-0.1, -0.05) is 29.4 Å². The van der Waals surface area contributed by atoms with Gasteiger partial charge in [-0.2, -0.15) is 0 Å². The van der Waals surface area contributed by atoms with Gasteiger partial charge >= 0.3 is 0 Å². The zero-order valence-corrected chi connectivity index (χ0v) is 9.62. The first-order valence-electron chi connectivity index (χ1n) is 4.78. The molecular formula is C11H15O2P. The van der Waals surface area contributed by atoms with Crippen molar-refractivity contribution >= 4 is 7.37 Å². The van der Waals surface area contributed by atoms with Crippen LogP contribution >= 0.6 is 7.37 Å². The third-order valence-electron chi connectivity index (χ3n) is 2.98. The van der Waals surface area contributed by atoms with Crippen molar-refractivity contribution in [2.24, 2.45) is 5.92 Å². The highest BCUT2D eigenvalue weighted by molar-refractivity contribution is 7.63. The summed E-state index contributed by atoms with van der Waals surface area (Å²) >= 11 is 0. The molecule has 2 nitrogen and oxygen atoms in total. The average molecular weight is 210 g/mol. The van der Waals surface area contributed by atoms with Crippen molar-refractivity contribution < 1.29 is 9.09 Å². The van der Waals surface area contributed by atoms with Crippen LogP contribution in [0.15, 0.2) is 35.2 Å². The van der Waals surface area contributed by atoms with Gasteiger partial charge in [0.15, 0.2) is 0 Å². The summed E-state index contributed by atoms with van der Waals surface area (Å²) in [5, 5.41) is 0. The lowest BCUT2D eigenvalue weighted by Crippen LogP contribution is -2.15. The van der Waals surface area contributed by atoms with Crippen LogP contribution in [0, 0.1) is 5.92 Å². The van der Waals surface area contributed by atoms with Crippen LogP contribution in [0.25, 0.3) is 0 Å². The Balaban J connectivity index is 2.43. The van der Waals surface area contributed by atoms with Gasteiger partial charge in [0.25, 0.3) is 0 Å². The molecule has 0 saturated heterocycles. The average Bonchev–Trinajstić information content (AvgIpc) is 2.40. The Morgan fingerprint density at radius 3 is 2.79 bits per heavy atom. The molecular weight excluding hydrogens is 195 g/mol. The van der Waals surface area contributed by atoms with E-state index in [1.165, 1.54) is 18.3 Å². The predicted molar refractivity (Wildman–Crippen MR) is 58.5 cm³/mol. The van der Waals surface area contributed by atoms with Crippen molar-refractivity contribution in [2.75, 3.05) is 7.11 Å². The van der Waals surface area contributed by atoms with E-state index >= 15 is 0 Å². The molecule has 14 heavy (non-hydrogen) atoms. The van der Waals surface area contributed by atoms with Crippen LogP contribution in [0.2, 0.25) is 0 Å². The van der Waals surface area contributed by atoms with Gasteiger partial charge in [-0.3, -0.25) is 4.57 Å². The highest BCUT2D eigenvalue weighted by Gasteiger charge is 2.42. The molecule has 0 aromatic rings. The van der Waals surface area contributed by atoms with Gasteiger partial charge in [0.2, 0.25) is 7.37 Å². The van der Waals surface area contributed by atoms with E-state index in [-0.39, 0.29) is 11.6 Å². The number of hydrogen-bond donors (Lipinski definition) is 0. The molecule has 1 aliphatic heterocycles. The smallest absolute Gasteiger partial charge is 0.232 e. The summed E-state index contributed by atoms with van der Waals surface area (Å²) in [6, 6.07) is 0. The van der Waals surface area contributed by atoms with Gasteiger partial charge in [0.1, 0.15) is 0 Å². The molecule has 3 heteroatoms. The standard InChI is InChI=1S/C11H15O2P/c1-8-4-5-11-10(6-8)9(2)7-14(11,12)13-3/h4-7,10-11H,1-3H3. The zero-order chi connectivity index (χ0) is 10.3. The Kier molecular flexibility index (Phi) is 2.29. The molecule has 0 N–H and O–H groups in total. The van der Waals surface area contributed by atoms with E-state index in [0.717, 1.165) is 0 Å². The first kappa shape index (κ1) is 9.95. The molecule has 0 aromatic heterocycles. The molecule has 2 aliphatic rings. The molecule has 1 heterocycles. The van der Waals surface area contributed by atoms with Gasteiger partial charge < -0.3 is 4.52 Å². The van der Waals surface area contributed by atoms with Crippen molar-refractivity contribution in [3.8, 4) is 0 Å². The van der Waals surface area contributed by atoms with E-state index in [4.69, 9.17) is 4.52 Å². The lowest BCUT2D eigenvalue weighted by Gasteiger charge is -2.23. The first-order chi connectivity index (χ1) is 6.57. The van der Waals surface area contributed by atoms with Crippen molar-refractivity contribution in [1.29, 1.82) is 0 Å². The topological polar surface area (TPSA) is 26.3 Å². The number of fused-ring (bicyclic) bond motifs is 1. The quantitative estimate of drug-likeness (QED) is 0.620. The largest absolute Gasteiger partial charge is 0.329 e. The molecule has 1 aliphatic carbocycles. The minimum Gasteiger partial charge on any atom is -0.329 e. The summed E-state index contributed by atoms with van der Waals surface area (Å²) in [5.41, 5.74) is 2.45. The van der Waals surface area contributed by atoms with Crippen molar-refractivity contribution in [3.63, 3.8) is 0 Å². The van der Waals surface area contributed by atoms with E-state index in [1.807, 2.05) is 24.9 Å². The molecule has 0 aromatic carbocycles. The maximum Gasteiger partial charge on any atom is 0.232 e. The van der Waals surface area contributed by atoms with Gasteiger partial charge in [-0.05, 0) is 13.8 Å². The monoisotopic (exact) mass is 210 g/mol. The van der Waals surface area contributed by atoms with Crippen LogP contribution in [0.3, 0.4) is 0 Å². The number of hydrogen-bond acceptors (Lipinski definition) is 2. The van der Waals surface area contributed by atoms with Crippen molar-refractivity contribution in [2.45, 2.75) is 19.5 Å². The highest BCUT2D eigenvalue weighted by Crippen LogP contribution is 2.63. The third kappa shape index (κ3) is 1.34. The fourth-order valence-electron chi connectivity index (χ4n) is 2.18. The molecule has 2 rings (SSSR count). The summed E-state index contributed by atoms with van der Waals surface area (Å²) in [6.07, 6.45) is 6.23. The van der Waals surface area contributed by atoms with Crippen LogP contribution in [-0.4, -0.2) is 12.8 Å². The second kappa shape index (κ2) is 3.22. The molecule has 0 fully saturated rings. The van der Waals surface area contributed by atoms with Crippen LogP contribution < -0.4 is 0 Å². The molecule has 0 saturated carbocycles. The Morgan fingerprint density at radius 2 is 2.14 bits per heavy atom. The van der Waals surface area contributed by atoms with Crippen LogP contribution in [-0.2, 0) is 9.09 Å². The van der Waals surface area contributed by atoms with Crippen LogP contribution in [0.4, 0.5) is 0 Å². The lowest BCUT2D eigenvalue weighted by molar-refractivity contribution is 0.395. The predicted octanol–water partition coefficient (Wildman–Crippen LogP) is 3.33. The SMILES string of the molecule is COP1(=O)C=C(C)C2C=C(C)C=CC21. The highest BCUT2D eigenvalue weighted by atomic mass is 31.2. The van der Waals surface area contributed by atoms with Crippen LogP contribution in [0.5, 0.6) is 0 Å². The minimum absolute atomic E-state index is 0.0381. The third-order valence-corrected chi connectivity index (χ3v) is 5.64. The van der Waals surface area contributed by atoms with E-state index < -0.39 is 7.37 Å². The summed E-state index contributed by atoms with van der Waals surface area (Å²) < 4.78 is 17.5.